The highest BCUT2D eigenvalue weighted by Gasteiger charge is 2.21. The summed E-state index contributed by atoms with van der Waals surface area (Å²) in [6, 6.07) is 6.71. The lowest BCUT2D eigenvalue weighted by Crippen LogP contribution is -2.28. The van der Waals surface area contributed by atoms with E-state index in [4.69, 9.17) is 9.72 Å². The van der Waals surface area contributed by atoms with Gasteiger partial charge in [0.1, 0.15) is 0 Å². The summed E-state index contributed by atoms with van der Waals surface area (Å²) in [5.74, 6) is 0.420. The van der Waals surface area contributed by atoms with Crippen molar-refractivity contribution in [2.45, 2.75) is 83.1 Å². The molecule has 1 amide bonds. The number of nitrogens with zero attached hydrogens (tertiary/aromatic N) is 2. The normalized spacial score (nSPS) is 19.5. The lowest BCUT2D eigenvalue weighted by Gasteiger charge is -2.20. The van der Waals surface area contributed by atoms with E-state index in [1.54, 1.807) is 0 Å². The van der Waals surface area contributed by atoms with Crippen LogP contribution in [0.5, 0.6) is 0 Å². The Morgan fingerprint density at radius 3 is 2.83 bits per heavy atom. The van der Waals surface area contributed by atoms with Crippen LogP contribution in [0.3, 0.4) is 0 Å². The van der Waals surface area contributed by atoms with Crippen molar-refractivity contribution in [1.29, 1.82) is 0 Å². The standard InChI is InChI=1S/C24H33N3O2S/c1-16-18(3)27(14-22-9-6-12-29-22)24(26-16)30-15-23(28)25-17(2)20-11-10-19-7-4-5-8-21(19)13-20/h10-11,13,17,22H,4-9,12,14-15H2,1-3H3,(H,25,28). The van der Waals surface area contributed by atoms with Gasteiger partial charge in [-0.1, -0.05) is 30.0 Å². The fourth-order valence-electron chi connectivity index (χ4n) is 4.46. The topological polar surface area (TPSA) is 56.2 Å². The number of hydrogen-bond donors (Lipinski definition) is 1. The maximum Gasteiger partial charge on any atom is 0.230 e. The van der Waals surface area contributed by atoms with Gasteiger partial charge in [0.2, 0.25) is 5.91 Å². The smallest absolute Gasteiger partial charge is 0.230 e. The number of ether oxygens (including phenoxy) is 1. The Morgan fingerprint density at radius 1 is 1.27 bits per heavy atom. The summed E-state index contributed by atoms with van der Waals surface area (Å²) < 4.78 is 8.02. The van der Waals surface area contributed by atoms with Gasteiger partial charge in [0, 0.05) is 12.3 Å². The molecule has 2 aromatic rings. The molecule has 1 aliphatic carbocycles. The average Bonchev–Trinajstić information content (AvgIpc) is 3.36. The first kappa shape index (κ1) is 21.4. The molecule has 0 bridgehead atoms. The third-order valence-corrected chi connectivity index (χ3v) is 7.39. The fraction of sp³-hybridized carbons (Fsp3) is 0.583. The number of benzene rings is 1. The summed E-state index contributed by atoms with van der Waals surface area (Å²) in [5.41, 5.74) is 6.31. The van der Waals surface area contributed by atoms with Crippen molar-refractivity contribution < 1.29 is 9.53 Å². The largest absolute Gasteiger partial charge is 0.376 e. The molecule has 2 heterocycles. The van der Waals surface area contributed by atoms with Crippen LogP contribution < -0.4 is 5.32 Å². The van der Waals surface area contributed by atoms with Gasteiger partial charge in [-0.05, 0) is 76.0 Å². The van der Waals surface area contributed by atoms with Gasteiger partial charge in [-0.2, -0.15) is 0 Å². The van der Waals surface area contributed by atoms with Gasteiger partial charge in [-0.25, -0.2) is 4.98 Å². The van der Waals surface area contributed by atoms with Crippen LogP contribution in [0.1, 0.15) is 66.7 Å². The number of hydrogen-bond acceptors (Lipinski definition) is 4. The molecule has 162 valence electrons. The zero-order valence-corrected chi connectivity index (χ0v) is 19.2. The molecule has 1 aromatic carbocycles. The summed E-state index contributed by atoms with van der Waals surface area (Å²) >= 11 is 1.52. The minimum atomic E-state index is 0.0143. The number of thioether (sulfide) groups is 1. The highest BCUT2D eigenvalue weighted by atomic mass is 32.2. The van der Waals surface area contributed by atoms with Crippen LogP contribution >= 0.6 is 11.8 Å². The monoisotopic (exact) mass is 427 g/mol. The van der Waals surface area contributed by atoms with Gasteiger partial charge in [-0.3, -0.25) is 4.79 Å². The molecule has 1 N–H and O–H groups in total. The highest BCUT2D eigenvalue weighted by Crippen LogP contribution is 2.26. The maximum absolute atomic E-state index is 12.6. The van der Waals surface area contributed by atoms with Gasteiger partial charge in [0.15, 0.2) is 5.16 Å². The second-order valence-corrected chi connectivity index (χ2v) is 9.57. The number of carbonyl (C=O) groups is 1. The first-order valence-electron chi connectivity index (χ1n) is 11.2. The molecule has 4 rings (SSSR count). The molecule has 30 heavy (non-hydrogen) atoms. The maximum atomic E-state index is 12.6. The third-order valence-electron chi connectivity index (χ3n) is 6.42. The van der Waals surface area contributed by atoms with Gasteiger partial charge in [0.05, 0.1) is 30.1 Å². The summed E-state index contributed by atoms with van der Waals surface area (Å²) in [6.45, 7) is 7.87. The third kappa shape index (κ3) is 4.92. The first-order valence-corrected chi connectivity index (χ1v) is 12.2. The molecule has 2 aliphatic rings. The van der Waals surface area contributed by atoms with Crippen LogP contribution in [0.25, 0.3) is 0 Å². The quantitative estimate of drug-likeness (QED) is 0.660. The number of aromatic nitrogens is 2. The van der Waals surface area contributed by atoms with E-state index in [-0.39, 0.29) is 18.1 Å². The van der Waals surface area contributed by atoms with Crippen molar-refractivity contribution in [1.82, 2.24) is 14.9 Å². The van der Waals surface area contributed by atoms with E-state index >= 15 is 0 Å². The van der Waals surface area contributed by atoms with Gasteiger partial charge < -0.3 is 14.6 Å². The predicted molar refractivity (Wildman–Crippen MR) is 121 cm³/mol. The van der Waals surface area contributed by atoms with Crippen molar-refractivity contribution in [2.75, 3.05) is 12.4 Å². The highest BCUT2D eigenvalue weighted by molar-refractivity contribution is 7.99. The first-order chi connectivity index (χ1) is 14.5. The van der Waals surface area contributed by atoms with Crippen molar-refractivity contribution in [3.63, 3.8) is 0 Å². The molecule has 2 unspecified atom stereocenters. The Morgan fingerprint density at radius 2 is 2.07 bits per heavy atom. The zero-order valence-electron chi connectivity index (χ0n) is 18.4. The van der Waals surface area contributed by atoms with Gasteiger partial charge in [-0.15, -0.1) is 0 Å². The second kappa shape index (κ2) is 9.56. The van der Waals surface area contributed by atoms with E-state index < -0.39 is 0 Å². The molecule has 0 saturated carbocycles. The molecule has 0 radical (unpaired) electrons. The lowest BCUT2D eigenvalue weighted by atomic mass is 9.89. The van der Waals surface area contributed by atoms with E-state index in [1.807, 2.05) is 6.92 Å². The molecular formula is C24H33N3O2S. The molecule has 1 aliphatic heterocycles. The van der Waals surface area contributed by atoms with Crippen molar-refractivity contribution in [2.24, 2.45) is 0 Å². The number of nitrogens with one attached hydrogen (secondary N) is 1. The number of amides is 1. The zero-order chi connectivity index (χ0) is 21.1. The van der Waals surface area contributed by atoms with Crippen LogP contribution in [0.4, 0.5) is 0 Å². The molecule has 0 spiro atoms. The van der Waals surface area contributed by atoms with E-state index in [0.29, 0.717) is 5.75 Å². The van der Waals surface area contributed by atoms with Crippen molar-refractivity contribution >= 4 is 17.7 Å². The number of imidazole rings is 1. The molecule has 1 aromatic heterocycles. The lowest BCUT2D eigenvalue weighted by molar-refractivity contribution is -0.119. The molecule has 1 saturated heterocycles. The SMILES string of the molecule is Cc1nc(SCC(=O)NC(C)c2ccc3c(c2)CCCC3)n(CC2CCCO2)c1C. The summed E-state index contributed by atoms with van der Waals surface area (Å²) in [4.78, 5) is 17.3. The average molecular weight is 428 g/mol. The number of carbonyl (C=O) groups excluding carboxylic acids is 1. The van der Waals surface area contributed by atoms with Crippen LogP contribution in [-0.4, -0.2) is 33.9 Å². The van der Waals surface area contributed by atoms with Crippen LogP contribution in [0.2, 0.25) is 0 Å². The predicted octanol–water partition coefficient (Wildman–Crippen LogP) is 4.53. The number of fused-ring (bicyclic) bond motifs is 1. The Hall–Kier alpha value is -1.79. The van der Waals surface area contributed by atoms with Crippen LogP contribution in [0.15, 0.2) is 23.4 Å². The van der Waals surface area contributed by atoms with Crippen LogP contribution in [0, 0.1) is 13.8 Å². The van der Waals surface area contributed by atoms with E-state index in [1.165, 1.54) is 47.7 Å². The summed E-state index contributed by atoms with van der Waals surface area (Å²) in [7, 11) is 0. The fourth-order valence-corrected chi connectivity index (χ4v) is 5.37. The van der Waals surface area contributed by atoms with E-state index in [2.05, 4.69) is 41.9 Å². The second-order valence-electron chi connectivity index (χ2n) is 8.62. The number of rotatable bonds is 7. The molecule has 2 atom stereocenters. The number of aryl methyl sites for hydroxylation is 3. The van der Waals surface area contributed by atoms with Crippen molar-refractivity contribution in [3.05, 3.63) is 46.3 Å². The molecular weight excluding hydrogens is 394 g/mol. The van der Waals surface area contributed by atoms with Crippen molar-refractivity contribution in [3.8, 4) is 0 Å². The Kier molecular flexibility index (Phi) is 6.84. The van der Waals surface area contributed by atoms with Crippen LogP contribution in [-0.2, 0) is 28.9 Å². The van der Waals surface area contributed by atoms with E-state index in [0.717, 1.165) is 49.0 Å². The summed E-state index contributed by atoms with van der Waals surface area (Å²) in [6.07, 6.45) is 7.38. The molecule has 1 fully saturated rings. The van der Waals surface area contributed by atoms with E-state index in [9.17, 15) is 4.79 Å². The molecule has 5 nitrogen and oxygen atoms in total. The Balaban J connectivity index is 1.35. The Bertz CT molecular complexity index is 902. The minimum Gasteiger partial charge on any atom is -0.376 e. The minimum absolute atomic E-state index is 0.0143. The Labute approximate surface area is 184 Å². The summed E-state index contributed by atoms with van der Waals surface area (Å²) in [5, 5.41) is 4.08. The van der Waals surface area contributed by atoms with Gasteiger partial charge >= 0.3 is 0 Å². The van der Waals surface area contributed by atoms with Gasteiger partial charge in [0.25, 0.3) is 0 Å². The molecule has 6 heteroatoms.